The Kier molecular flexibility index (Phi) is 5.52. The highest BCUT2D eigenvalue weighted by atomic mass is 16.6. The number of hydrogen-bond donors (Lipinski definition) is 1. The maximum Gasteiger partial charge on any atom is 0.0867 e. The Morgan fingerprint density at radius 1 is 1.14 bits per heavy atom. The van der Waals surface area contributed by atoms with Crippen molar-refractivity contribution < 1.29 is 4.84 Å². The third-order valence-electron chi connectivity index (χ3n) is 6.13. The highest BCUT2D eigenvalue weighted by Gasteiger charge is 2.35. The Bertz CT molecular complexity index is 882. The first-order valence-electron chi connectivity index (χ1n) is 10.4. The van der Waals surface area contributed by atoms with Crippen LogP contribution in [0.2, 0.25) is 0 Å². The van der Waals surface area contributed by atoms with Gasteiger partial charge in [-0.05, 0) is 65.3 Å². The lowest BCUT2D eigenvalue weighted by Crippen LogP contribution is -2.47. The number of allylic oxidation sites excluding steroid dienone is 7. The second kappa shape index (κ2) is 8.06. The Morgan fingerprint density at radius 2 is 2.04 bits per heavy atom. The molecule has 0 saturated carbocycles. The van der Waals surface area contributed by atoms with Crippen LogP contribution in [0.3, 0.4) is 0 Å². The van der Waals surface area contributed by atoms with Crippen molar-refractivity contribution in [1.82, 2.24) is 5.48 Å². The van der Waals surface area contributed by atoms with E-state index in [9.17, 15) is 0 Å². The van der Waals surface area contributed by atoms with Crippen LogP contribution in [-0.2, 0) is 24.1 Å². The van der Waals surface area contributed by atoms with Gasteiger partial charge in [-0.1, -0.05) is 80.7 Å². The van der Waals surface area contributed by atoms with E-state index in [0.29, 0.717) is 12.6 Å². The SMILES string of the molecule is C=C1C=Cc2cc3c(cc2C1)CC(C)(C)C(NOC/C=C/C1=CCCC=C1)C3. The summed E-state index contributed by atoms with van der Waals surface area (Å²) in [6, 6.07) is 5.09. The van der Waals surface area contributed by atoms with Crippen LogP contribution in [0, 0.1) is 5.41 Å². The number of benzene rings is 1. The zero-order valence-corrected chi connectivity index (χ0v) is 17.1. The van der Waals surface area contributed by atoms with E-state index < -0.39 is 0 Å². The maximum atomic E-state index is 5.83. The Hall–Kier alpha value is -2.16. The molecule has 0 fully saturated rings. The molecule has 0 spiro atoms. The van der Waals surface area contributed by atoms with Gasteiger partial charge < -0.3 is 0 Å². The summed E-state index contributed by atoms with van der Waals surface area (Å²) >= 11 is 0. The van der Waals surface area contributed by atoms with E-state index in [1.807, 2.05) is 0 Å². The molecule has 1 aromatic rings. The lowest BCUT2D eigenvalue weighted by Gasteiger charge is -2.40. The molecule has 3 aliphatic carbocycles. The largest absolute Gasteiger partial charge is 0.297 e. The second-order valence-corrected chi connectivity index (χ2v) is 8.93. The van der Waals surface area contributed by atoms with Crippen molar-refractivity contribution in [3.8, 4) is 0 Å². The highest BCUT2D eigenvalue weighted by molar-refractivity contribution is 5.63. The minimum Gasteiger partial charge on any atom is -0.297 e. The van der Waals surface area contributed by atoms with Gasteiger partial charge in [0, 0.05) is 6.04 Å². The molecule has 2 nitrogen and oxygen atoms in total. The molecule has 146 valence electrons. The lowest BCUT2D eigenvalue weighted by molar-refractivity contribution is -0.00419. The average Bonchev–Trinajstić information content (AvgIpc) is 2.67. The van der Waals surface area contributed by atoms with Crippen molar-refractivity contribution in [3.05, 3.63) is 88.6 Å². The predicted octanol–water partition coefficient (Wildman–Crippen LogP) is 5.66. The molecule has 0 aromatic heterocycles. The van der Waals surface area contributed by atoms with Gasteiger partial charge in [0.1, 0.15) is 0 Å². The zero-order chi connectivity index (χ0) is 19.6. The molecule has 0 amide bonds. The van der Waals surface area contributed by atoms with Crippen LogP contribution in [0.1, 0.15) is 48.9 Å². The molecule has 1 aromatic carbocycles. The molecular weight excluding hydrogens is 342 g/mol. The summed E-state index contributed by atoms with van der Waals surface area (Å²) in [5.74, 6) is 0. The third kappa shape index (κ3) is 4.29. The molecule has 1 atom stereocenters. The van der Waals surface area contributed by atoms with Crippen LogP contribution < -0.4 is 5.48 Å². The van der Waals surface area contributed by atoms with Gasteiger partial charge >= 0.3 is 0 Å². The molecule has 0 bridgehead atoms. The minimum absolute atomic E-state index is 0.154. The fourth-order valence-electron chi connectivity index (χ4n) is 4.38. The minimum atomic E-state index is 0.154. The normalized spacial score (nSPS) is 22.9. The summed E-state index contributed by atoms with van der Waals surface area (Å²) in [4.78, 5) is 5.83. The van der Waals surface area contributed by atoms with Crippen LogP contribution in [0.5, 0.6) is 0 Å². The Morgan fingerprint density at radius 3 is 2.86 bits per heavy atom. The number of hydroxylamine groups is 1. The summed E-state index contributed by atoms with van der Waals surface area (Å²) < 4.78 is 0. The van der Waals surface area contributed by atoms with Gasteiger partial charge in [-0.3, -0.25) is 4.84 Å². The van der Waals surface area contributed by atoms with Gasteiger partial charge in [0.05, 0.1) is 6.61 Å². The van der Waals surface area contributed by atoms with E-state index in [0.717, 1.165) is 32.1 Å². The van der Waals surface area contributed by atoms with Crippen molar-refractivity contribution in [1.29, 1.82) is 0 Å². The van der Waals surface area contributed by atoms with Crippen LogP contribution in [0.15, 0.2) is 66.3 Å². The summed E-state index contributed by atoms with van der Waals surface area (Å²) in [5.41, 5.74) is 11.7. The first kappa shape index (κ1) is 19.2. The number of rotatable bonds is 5. The number of fused-ring (bicyclic) bond motifs is 2. The van der Waals surface area contributed by atoms with E-state index in [1.165, 1.54) is 33.4 Å². The first-order valence-corrected chi connectivity index (χ1v) is 10.4. The van der Waals surface area contributed by atoms with Crippen LogP contribution in [0.25, 0.3) is 6.08 Å². The summed E-state index contributed by atoms with van der Waals surface area (Å²) in [6.07, 6.45) is 20.6. The molecule has 0 radical (unpaired) electrons. The summed E-state index contributed by atoms with van der Waals surface area (Å²) in [5, 5.41) is 0. The fraction of sp³-hybridized carbons (Fsp3) is 0.385. The van der Waals surface area contributed by atoms with Gasteiger partial charge in [-0.15, -0.1) is 0 Å². The van der Waals surface area contributed by atoms with E-state index in [4.69, 9.17) is 4.84 Å². The first-order chi connectivity index (χ1) is 13.5. The van der Waals surface area contributed by atoms with Gasteiger partial charge in [0.2, 0.25) is 0 Å². The molecule has 3 aliphatic rings. The van der Waals surface area contributed by atoms with E-state index in [-0.39, 0.29) is 5.41 Å². The van der Waals surface area contributed by atoms with Crippen LogP contribution >= 0.6 is 0 Å². The number of hydrogen-bond acceptors (Lipinski definition) is 2. The van der Waals surface area contributed by atoms with Crippen LogP contribution in [0.4, 0.5) is 0 Å². The quantitative estimate of drug-likeness (QED) is 0.531. The summed E-state index contributed by atoms with van der Waals surface area (Å²) in [6.45, 7) is 9.37. The maximum absolute atomic E-state index is 5.83. The predicted molar refractivity (Wildman–Crippen MR) is 118 cm³/mol. The molecule has 28 heavy (non-hydrogen) atoms. The van der Waals surface area contributed by atoms with Crippen molar-refractivity contribution in [2.75, 3.05) is 6.61 Å². The average molecular weight is 374 g/mol. The molecule has 0 saturated heterocycles. The van der Waals surface area contributed by atoms with Crippen molar-refractivity contribution in [3.63, 3.8) is 0 Å². The molecule has 1 unspecified atom stereocenters. The van der Waals surface area contributed by atoms with Crippen molar-refractivity contribution in [2.24, 2.45) is 5.41 Å². The van der Waals surface area contributed by atoms with Crippen molar-refractivity contribution >= 4 is 6.08 Å². The van der Waals surface area contributed by atoms with Gasteiger partial charge in [0.25, 0.3) is 0 Å². The molecule has 0 heterocycles. The summed E-state index contributed by atoms with van der Waals surface area (Å²) in [7, 11) is 0. The molecule has 2 heteroatoms. The Labute approximate surface area is 169 Å². The van der Waals surface area contributed by atoms with E-state index in [1.54, 1.807) is 0 Å². The Balaban J connectivity index is 1.39. The fourth-order valence-corrected chi connectivity index (χ4v) is 4.38. The monoisotopic (exact) mass is 373 g/mol. The topological polar surface area (TPSA) is 21.3 Å². The van der Waals surface area contributed by atoms with E-state index in [2.05, 4.69) is 80.6 Å². The molecular formula is C26H31NO. The highest BCUT2D eigenvalue weighted by Crippen LogP contribution is 2.37. The molecule has 4 rings (SSSR count). The number of nitrogens with one attached hydrogen (secondary N) is 1. The van der Waals surface area contributed by atoms with Crippen molar-refractivity contribution in [2.45, 2.75) is 52.0 Å². The lowest BCUT2D eigenvalue weighted by atomic mass is 9.70. The van der Waals surface area contributed by atoms with Crippen LogP contribution in [-0.4, -0.2) is 12.6 Å². The second-order valence-electron chi connectivity index (χ2n) is 8.93. The smallest absolute Gasteiger partial charge is 0.0867 e. The standard InChI is InChI=1S/C26H31NO/c1-19-11-12-21-15-23-17-25(26(2,3)18-24(23)16-22(21)14-19)27-28-13-7-10-20-8-5-4-6-9-20/h5,7-12,15-16,25,27H,1,4,6,13-14,17-18H2,2-3H3/b10-7+. The van der Waals surface area contributed by atoms with Gasteiger partial charge in [-0.25, -0.2) is 0 Å². The van der Waals surface area contributed by atoms with Gasteiger partial charge in [-0.2, -0.15) is 5.48 Å². The molecule has 0 aliphatic heterocycles. The zero-order valence-electron chi connectivity index (χ0n) is 17.1. The van der Waals surface area contributed by atoms with E-state index >= 15 is 0 Å². The molecule has 1 N–H and O–H groups in total. The van der Waals surface area contributed by atoms with Gasteiger partial charge in [0.15, 0.2) is 0 Å². The third-order valence-corrected chi connectivity index (χ3v) is 6.13.